The van der Waals surface area contributed by atoms with E-state index in [1.165, 1.54) is 12.1 Å². The van der Waals surface area contributed by atoms with Crippen molar-refractivity contribution in [2.75, 3.05) is 19.0 Å². The molecule has 1 N–H and O–H groups in total. The predicted molar refractivity (Wildman–Crippen MR) is 90.9 cm³/mol. The number of hydrogen-bond donors (Lipinski definition) is 1. The summed E-state index contributed by atoms with van der Waals surface area (Å²) in [6.07, 6.45) is 0. The van der Waals surface area contributed by atoms with Gasteiger partial charge in [-0.2, -0.15) is 0 Å². The number of rotatable bonds is 4. The van der Waals surface area contributed by atoms with Crippen LogP contribution in [0.4, 0.5) is 5.69 Å². The van der Waals surface area contributed by atoms with Gasteiger partial charge in [0.05, 0.1) is 0 Å². The van der Waals surface area contributed by atoms with E-state index in [0.717, 1.165) is 16.8 Å². The molecule has 0 atom stereocenters. The molecule has 2 aromatic rings. The monoisotopic (exact) mass is 337 g/mol. The first-order valence-electron chi connectivity index (χ1n) is 6.75. The van der Waals surface area contributed by atoms with Gasteiger partial charge in [-0.05, 0) is 42.3 Å². The zero-order valence-electron chi connectivity index (χ0n) is 12.7. The lowest BCUT2D eigenvalue weighted by molar-refractivity contribution is 0.0951. The van der Waals surface area contributed by atoms with Gasteiger partial charge in [0.25, 0.3) is 5.91 Å². The van der Waals surface area contributed by atoms with E-state index in [-0.39, 0.29) is 16.2 Å². The van der Waals surface area contributed by atoms with E-state index in [1.54, 1.807) is 0 Å². The van der Waals surface area contributed by atoms with Gasteiger partial charge in [-0.25, -0.2) is 4.98 Å². The number of carbonyl (C=O) groups is 1. The molecule has 0 unspecified atom stereocenters. The lowest BCUT2D eigenvalue weighted by atomic mass is 10.1. The lowest BCUT2D eigenvalue weighted by Crippen LogP contribution is -2.23. The van der Waals surface area contributed by atoms with Gasteiger partial charge in [-0.3, -0.25) is 4.79 Å². The molecule has 2 rings (SSSR count). The number of benzene rings is 1. The highest BCUT2D eigenvalue weighted by atomic mass is 35.5. The van der Waals surface area contributed by atoms with Gasteiger partial charge >= 0.3 is 0 Å². The highest BCUT2D eigenvalue weighted by Crippen LogP contribution is 2.18. The fourth-order valence-corrected chi connectivity index (χ4v) is 2.49. The molecule has 0 saturated carbocycles. The maximum Gasteiger partial charge on any atom is 0.251 e. The Kier molecular flexibility index (Phi) is 5.27. The van der Waals surface area contributed by atoms with E-state index < -0.39 is 0 Å². The number of carbonyl (C=O) groups excluding carboxylic acids is 1. The average molecular weight is 338 g/mol. The molecule has 0 aliphatic rings. The first-order chi connectivity index (χ1) is 10.4. The Morgan fingerprint density at radius 2 is 1.82 bits per heavy atom. The van der Waals surface area contributed by atoms with Crippen LogP contribution in [0.3, 0.4) is 0 Å². The van der Waals surface area contributed by atoms with Gasteiger partial charge in [0, 0.05) is 31.9 Å². The van der Waals surface area contributed by atoms with Crippen molar-refractivity contribution in [3.63, 3.8) is 0 Å². The molecule has 0 aliphatic carbocycles. The number of anilines is 1. The number of halogens is 2. The van der Waals surface area contributed by atoms with Gasteiger partial charge in [-0.1, -0.05) is 29.3 Å². The maximum atomic E-state index is 12.1. The van der Waals surface area contributed by atoms with Crippen molar-refractivity contribution in [1.29, 1.82) is 0 Å². The number of aromatic nitrogens is 1. The molecular formula is C16H17Cl2N3O. The first kappa shape index (κ1) is 16.6. The van der Waals surface area contributed by atoms with Crippen molar-refractivity contribution in [2.24, 2.45) is 0 Å². The average Bonchev–Trinajstić information content (AvgIpc) is 2.44. The molecule has 0 bridgehead atoms. The van der Waals surface area contributed by atoms with E-state index in [2.05, 4.69) is 16.4 Å². The Morgan fingerprint density at radius 3 is 2.36 bits per heavy atom. The molecule has 0 saturated heterocycles. The Hall–Kier alpha value is -1.78. The molecule has 1 heterocycles. The summed E-state index contributed by atoms with van der Waals surface area (Å²) >= 11 is 11.6. The van der Waals surface area contributed by atoms with E-state index in [1.807, 2.05) is 38.1 Å². The van der Waals surface area contributed by atoms with Crippen molar-refractivity contribution >= 4 is 34.8 Å². The number of pyridine rings is 1. The second kappa shape index (κ2) is 6.99. The Morgan fingerprint density at radius 1 is 1.18 bits per heavy atom. The Labute approximate surface area is 140 Å². The zero-order valence-corrected chi connectivity index (χ0v) is 14.2. The third kappa shape index (κ3) is 4.12. The van der Waals surface area contributed by atoms with Crippen LogP contribution < -0.4 is 10.2 Å². The van der Waals surface area contributed by atoms with E-state index in [0.29, 0.717) is 12.1 Å². The molecule has 1 aromatic heterocycles. The van der Waals surface area contributed by atoms with Gasteiger partial charge in [-0.15, -0.1) is 0 Å². The van der Waals surface area contributed by atoms with Gasteiger partial charge in [0.15, 0.2) is 0 Å². The van der Waals surface area contributed by atoms with Crippen LogP contribution in [0.2, 0.25) is 10.3 Å². The summed E-state index contributed by atoms with van der Waals surface area (Å²) in [5.74, 6) is -0.234. The molecule has 0 radical (unpaired) electrons. The molecule has 0 fully saturated rings. The fraction of sp³-hybridized carbons (Fsp3) is 0.250. The standard InChI is InChI=1S/C16H17Cl2N3O/c1-10-6-13(21(2)3)5-4-11(10)9-19-16(22)12-7-14(17)20-15(18)8-12/h4-8H,9H2,1-3H3,(H,19,22). The van der Waals surface area contributed by atoms with Crippen molar-refractivity contribution < 1.29 is 4.79 Å². The summed E-state index contributed by atoms with van der Waals surface area (Å²) in [5.41, 5.74) is 3.70. The van der Waals surface area contributed by atoms with Crippen molar-refractivity contribution in [3.8, 4) is 0 Å². The second-order valence-electron chi connectivity index (χ2n) is 5.19. The minimum atomic E-state index is -0.234. The highest BCUT2D eigenvalue weighted by molar-refractivity contribution is 6.33. The van der Waals surface area contributed by atoms with Crippen LogP contribution in [0.15, 0.2) is 30.3 Å². The summed E-state index contributed by atoms with van der Waals surface area (Å²) in [6, 6.07) is 9.10. The summed E-state index contributed by atoms with van der Waals surface area (Å²) in [6.45, 7) is 2.46. The van der Waals surface area contributed by atoms with E-state index in [4.69, 9.17) is 23.2 Å². The Bertz CT molecular complexity index is 682. The van der Waals surface area contributed by atoms with Crippen LogP contribution in [0.25, 0.3) is 0 Å². The van der Waals surface area contributed by atoms with Crippen LogP contribution in [0.5, 0.6) is 0 Å². The summed E-state index contributed by atoms with van der Waals surface area (Å²) in [4.78, 5) is 18.0. The fourth-order valence-electron chi connectivity index (χ4n) is 2.03. The van der Waals surface area contributed by atoms with Crippen molar-refractivity contribution in [2.45, 2.75) is 13.5 Å². The third-order valence-corrected chi connectivity index (χ3v) is 3.69. The largest absolute Gasteiger partial charge is 0.378 e. The third-order valence-electron chi connectivity index (χ3n) is 3.31. The van der Waals surface area contributed by atoms with Gasteiger partial charge in [0.1, 0.15) is 10.3 Å². The molecule has 6 heteroatoms. The molecule has 0 aliphatic heterocycles. The minimum Gasteiger partial charge on any atom is -0.378 e. The number of nitrogens with one attached hydrogen (secondary N) is 1. The molecule has 1 aromatic carbocycles. The van der Waals surface area contributed by atoms with Crippen LogP contribution >= 0.6 is 23.2 Å². The normalized spacial score (nSPS) is 10.4. The SMILES string of the molecule is Cc1cc(N(C)C)ccc1CNC(=O)c1cc(Cl)nc(Cl)c1. The second-order valence-corrected chi connectivity index (χ2v) is 5.96. The van der Waals surface area contributed by atoms with Gasteiger partial charge < -0.3 is 10.2 Å². The van der Waals surface area contributed by atoms with Crippen molar-refractivity contribution in [1.82, 2.24) is 10.3 Å². The molecule has 1 amide bonds. The maximum absolute atomic E-state index is 12.1. The van der Waals surface area contributed by atoms with Crippen LogP contribution in [0, 0.1) is 6.92 Å². The summed E-state index contributed by atoms with van der Waals surface area (Å²) in [5, 5.41) is 3.26. The smallest absolute Gasteiger partial charge is 0.251 e. The van der Waals surface area contributed by atoms with Crippen molar-refractivity contribution in [3.05, 3.63) is 57.3 Å². The Balaban J connectivity index is 2.08. The quantitative estimate of drug-likeness (QED) is 0.865. The lowest BCUT2D eigenvalue weighted by Gasteiger charge is -2.15. The number of hydrogen-bond acceptors (Lipinski definition) is 3. The van der Waals surface area contributed by atoms with E-state index >= 15 is 0 Å². The first-order valence-corrected chi connectivity index (χ1v) is 7.50. The van der Waals surface area contributed by atoms with Crippen LogP contribution in [0.1, 0.15) is 21.5 Å². The van der Waals surface area contributed by atoms with Crippen LogP contribution in [-0.2, 0) is 6.54 Å². The molecule has 0 spiro atoms. The topological polar surface area (TPSA) is 45.2 Å². The minimum absolute atomic E-state index is 0.198. The molecule has 4 nitrogen and oxygen atoms in total. The molecule has 22 heavy (non-hydrogen) atoms. The zero-order chi connectivity index (χ0) is 16.3. The molecular weight excluding hydrogens is 321 g/mol. The number of amides is 1. The highest BCUT2D eigenvalue weighted by Gasteiger charge is 2.09. The predicted octanol–water partition coefficient (Wildman–Crippen LogP) is 3.69. The van der Waals surface area contributed by atoms with Crippen LogP contribution in [-0.4, -0.2) is 25.0 Å². The number of aryl methyl sites for hydroxylation is 1. The van der Waals surface area contributed by atoms with E-state index in [9.17, 15) is 4.79 Å². The summed E-state index contributed by atoms with van der Waals surface area (Å²) < 4.78 is 0. The molecule has 116 valence electrons. The number of nitrogens with zero attached hydrogens (tertiary/aromatic N) is 2. The van der Waals surface area contributed by atoms with Gasteiger partial charge in [0.2, 0.25) is 0 Å². The summed E-state index contributed by atoms with van der Waals surface area (Å²) in [7, 11) is 3.99.